The lowest BCUT2D eigenvalue weighted by molar-refractivity contribution is 0.423. The van der Waals surface area contributed by atoms with Crippen LogP contribution in [-0.2, 0) is 10.1 Å². The molecule has 24 heavy (non-hydrogen) atoms. The van der Waals surface area contributed by atoms with Crippen LogP contribution in [0.2, 0.25) is 0 Å². The average Bonchev–Trinajstić information content (AvgIpc) is 2.51. The lowest BCUT2D eigenvalue weighted by atomic mass is 10.2. The van der Waals surface area contributed by atoms with E-state index in [1.807, 2.05) is 0 Å². The van der Waals surface area contributed by atoms with Gasteiger partial charge in [-0.25, -0.2) is 18.0 Å². The summed E-state index contributed by atoms with van der Waals surface area (Å²) < 4.78 is 73.4. The Morgan fingerprint density at radius 1 is 0.917 bits per heavy atom. The molecule has 1 aromatic heterocycles. The first kappa shape index (κ1) is 16.1. The molecule has 124 valence electrons. The fourth-order valence-corrected chi connectivity index (χ4v) is 2.96. The van der Waals surface area contributed by atoms with Crippen LogP contribution in [0.5, 0.6) is 5.75 Å². The molecule has 0 aliphatic heterocycles. The van der Waals surface area contributed by atoms with Crippen molar-refractivity contribution in [3.8, 4) is 5.75 Å². The summed E-state index contributed by atoms with van der Waals surface area (Å²) in [6.45, 7) is 0. The van der Waals surface area contributed by atoms with Gasteiger partial charge in [0.15, 0.2) is 17.5 Å². The average molecular weight is 356 g/mol. The monoisotopic (exact) mass is 356 g/mol. The first-order valence-corrected chi connectivity index (χ1v) is 7.81. The van der Waals surface area contributed by atoms with Crippen LogP contribution in [0.4, 0.5) is 13.2 Å². The Balaban J connectivity index is 2.04. The molecule has 0 unspecified atom stereocenters. The van der Waals surface area contributed by atoms with Crippen LogP contribution in [-0.4, -0.2) is 8.42 Å². The van der Waals surface area contributed by atoms with Crippen LogP contribution < -0.4 is 9.81 Å². The van der Waals surface area contributed by atoms with Crippen LogP contribution in [0.25, 0.3) is 11.0 Å². The molecule has 0 radical (unpaired) electrons. The van der Waals surface area contributed by atoms with Crippen molar-refractivity contribution in [1.82, 2.24) is 0 Å². The molecule has 3 rings (SSSR count). The lowest BCUT2D eigenvalue weighted by Gasteiger charge is -2.09. The van der Waals surface area contributed by atoms with Crippen LogP contribution in [0.15, 0.2) is 56.6 Å². The molecule has 0 saturated carbocycles. The van der Waals surface area contributed by atoms with E-state index in [1.165, 1.54) is 24.3 Å². The molecule has 9 heteroatoms. The maximum Gasteiger partial charge on any atom is 0.342 e. The Morgan fingerprint density at radius 3 is 2.38 bits per heavy atom. The van der Waals surface area contributed by atoms with Crippen molar-refractivity contribution in [3.63, 3.8) is 0 Å². The lowest BCUT2D eigenvalue weighted by Crippen LogP contribution is -2.13. The van der Waals surface area contributed by atoms with Crippen LogP contribution >= 0.6 is 0 Å². The number of benzene rings is 2. The van der Waals surface area contributed by atoms with Gasteiger partial charge in [-0.3, -0.25) is 0 Å². The van der Waals surface area contributed by atoms with Crippen molar-refractivity contribution in [2.24, 2.45) is 0 Å². The zero-order valence-corrected chi connectivity index (χ0v) is 12.4. The van der Waals surface area contributed by atoms with E-state index in [-0.39, 0.29) is 11.3 Å². The van der Waals surface area contributed by atoms with Gasteiger partial charge in [0, 0.05) is 17.5 Å². The first-order chi connectivity index (χ1) is 11.3. The minimum atomic E-state index is -4.76. The molecule has 0 aliphatic carbocycles. The highest BCUT2D eigenvalue weighted by Gasteiger charge is 2.26. The molecule has 0 spiro atoms. The zero-order chi connectivity index (χ0) is 17.5. The second kappa shape index (κ2) is 5.68. The Kier molecular flexibility index (Phi) is 3.80. The third kappa shape index (κ3) is 2.85. The third-order valence-corrected chi connectivity index (χ3v) is 4.34. The summed E-state index contributed by atoms with van der Waals surface area (Å²) in [6.07, 6.45) is 0. The summed E-state index contributed by atoms with van der Waals surface area (Å²) in [5, 5.41) is 0.498. The summed E-state index contributed by atoms with van der Waals surface area (Å²) in [5.74, 6) is -5.63. The van der Waals surface area contributed by atoms with Crippen molar-refractivity contribution in [2.45, 2.75) is 4.90 Å². The number of halogens is 3. The number of rotatable bonds is 3. The number of hydrogen-bond donors (Lipinski definition) is 0. The standard InChI is InChI=1S/C15H7F3O5S/c16-10-4-5-12(15(18)14(10)17)24(20,21)23-9-3-1-8-2-6-13(19)22-11(8)7-9/h1-7H. The van der Waals surface area contributed by atoms with Gasteiger partial charge in [-0.05, 0) is 30.3 Å². The summed E-state index contributed by atoms with van der Waals surface area (Å²) >= 11 is 0. The molecular weight excluding hydrogens is 349 g/mol. The maximum absolute atomic E-state index is 13.6. The van der Waals surface area contributed by atoms with Gasteiger partial charge < -0.3 is 8.60 Å². The van der Waals surface area contributed by atoms with Gasteiger partial charge >= 0.3 is 15.7 Å². The van der Waals surface area contributed by atoms with E-state index in [9.17, 15) is 26.4 Å². The second-order valence-electron chi connectivity index (χ2n) is 4.67. The van der Waals surface area contributed by atoms with Crippen molar-refractivity contribution < 1.29 is 30.2 Å². The van der Waals surface area contributed by atoms with Gasteiger partial charge in [-0.2, -0.15) is 8.42 Å². The topological polar surface area (TPSA) is 73.6 Å². The number of hydrogen-bond acceptors (Lipinski definition) is 5. The minimum absolute atomic E-state index is 0.0426. The van der Waals surface area contributed by atoms with E-state index in [0.717, 1.165) is 6.07 Å². The SMILES string of the molecule is O=c1ccc2ccc(OS(=O)(=O)c3ccc(F)c(F)c3F)cc2o1. The smallest absolute Gasteiger partial charge is 0.342 e. The fourth-order valence-electron chi connectivity index (χ4n) is 1.97. The van der Waals surface area contributed by atoms with E-state index in [4.69, 9.17) is 8.60 Å². The molecule has 0 N–H and O–H groups in total. The molecule has 0 saturated heterocycles. The third-order valence-electron chi connectivity index (χ3n) is 3.07. The molecule has 5 nitrogen and oxygen atoms in total. The van der Waals surface area contributed by atoms with Gasteiger partial charge in [0.1, 0.15) is 16.2 Å². The molecule has 3 aromatic rings. The molecule has 0 atom stereocenters. The molecule has 0 fully saturated rings. The van der Waals surface area contributed by atoms with Crippen molar-refractivity contribution >= 4 is 21.1 Å². The minimum Gasteiger partial charge on any atom is -0.423 e. The highest BCUT2D eigenvalue weighted by Crippen LogP contribution is 2.26. The predicted octanol–water partition coefficient (Wildman–Crippen LogP) is 2.98. The summed E-state index contributed by atoms with van der Waals surface area (Å²) in [7, 11) is -4.76. The Morgan fingerprint density at radius 2 is 1.62 bits per heavy atom. The number of fused-ring (bicyclic) bond motifs is 1. The molecular formula is C15H7F3O5S. The molecule has 0 amide bonds. The van der Waals surface area contributed by atoms with Crippen molar-refractivity contribution in [1.29, 1.82) is 0 Å². The maximum atomic E-state index is 13.6. The van der Waals surface area contributed by atoms with E-state index in [1.54, 1.807) is 0 Å². The van der Waals surface area contributed by atoms with Gasteiger partial charge in [0.05, 0.1) is 0 Å². The zero-order valence-electron chi connectivity index (χ0n) is 11.6. The highest BCUT2D eigenvalue weighted by atomic mass is 32.2. The van der Waals surface area contributed by atoms with Gasteiger partial charge in [-0.15, -0.1) is 0 Å². The Hall–Kier alpha value is -2.81. The van der Waals surface area contributed by atoms with Crippen molar-refractivity contribution in [3.05, 3.63) is 70.3 Å². The summed E-state index contributed by atoms with van der Waals surface area (Å²) in [6, 6.07) is 7.39. The van der Waals surface area contributed by atoms with Crippen LogP contribution in [0.1, 0.15) is 0 Å². The molecule has 2 aromatic carbocycles. The van der Waals surface area contributed by atoms with Gasteiger partial charge in [0.2, 0.25) is 0 Å². The largest absolute Gasteiger partial charge is 0.423 e. The normalized spacial score (nSPS) is 11.6. The molecule has 0 aliphatic rings. The van der Waals surface area contributed by atoms with Gasteiger partial charge in [0.25, 0.3) is 0 Å². The van der Waals surface area contributed by atoms with E-state index < -0.39 is 38.1 Å². The predicted molar refractivity (Wildman–Crippen MR) is 76.6 cm³/mol. The van der Waals surface area contributed by atoms with Crippen LogP contribution in [0.3, 0.4) is 0 Å². The van der Waals surface area contributed by atoms with Crippen molar-refractivity contribution in [2.75, 3.05) is 0 Å². The second-order valence-corrected chi connectivity index (χ2v) is 6.18. The summed E-state index contributed by atoms with van der Waals surface area (Å²) in [5.41, 5.74) is -0.616. The fraction of sp³-hybridized carbons (Fsp3) is 0. The van der Waals surface area contributed by atoms with E-state index >= 15 is 0 Å². The first-order valence-electron chi connectivity index (χ1n) is 6.40. The Bertz CT molecular complexity index is 1110. The molecule has 0 bridgehead atoms. The Labute approximate surface area is 133 Å². The van der Waals surface area contributed by atoms with Gasteiger partial charge in [-0.1, -0.05) is 0 Å². The van der Waals surface area contributed by atoms with E-state index in [0.29, 0.717) is 17.5 Å². The summed E-state index contributed by atoms with van der Waals surface area (Å²) in [4.78, 5) is 10.0. The molecule has 1 heterocycles. The van der Waals surface area contributed by atoms with Crippen LogP contribution in [0, 0.1) is 17.5 Å². The van der Waals surface area contributed by atoms with E-state index in [2.05, 4.69) is 0 Å². The quantitative estimate of drug-likeness (QED) is 0.410. The highest BCUT2D eigenvalue weighted by molar-refractivity contribution is 7.87.